The first-order valence-corrected chi connectivity index (χ1v) is 13.8. The van der Waals surface area contributed by atoms with Gasteiger partial charge in [0.2, 0.25) is 0 Å². The number of allylic oxidation sites excluding steroid dienone is 8. The maximum absolute atomic E-state index is 10.4. The summed E-state index contributed by atoms with van der Waals surface area (Å²) >= 11 is 0. The number of carboxylic acid groups (broad SMARTS) is 1. The second kappa shape index (κ2) is 27.9. The Hall–Kier alpha value is -2.31. The molecule has 3 nitrogen and oxygen atoms in total. The molecule has 0 amide bonds. The van der Waals surface area contributed by atoms with Crippen molar-refractivity contribution in [3.63, 3.8) is 0 Å². The fourth-order valence-electron chi connectivity index (χ4n) is 3.51. The van der Waals surface area contributed by atoms with Crippen molar-refractivity contribution in [3.8, 4) is 11.8 Å². The molecule has 196 valence electrons. The summed E-state index contributed by atoms with van der Waals surface area (Å²) in [4.78, 5) is 10.4. The van der Waals surface area contributed by atoms with Gasteiger partial charge >= 0.3 is 5.97 Å². The highest BCUT2D eigenvalue weighted by atomic mass is 16.4. The summed E-state index contributed by atoms with van der Waals surface area (Å²) in [7, 11) is 0. The average Bonchev–Trinajstić information content (AvgIpc) is 2.84. The molecule has 0 aliphatic rings. The third-order valence-electron chi connectivity index (χ3n) is 5.56. The summed E-state index contributed by atoms with van der Waals surface area (Å²) in [6, 6.07) is 0. The quantitative estimate of drug-likeness (QED) is 0.0920. The van der Waals surface area contributed by atoms with Crippen molar-refractivity contribution < 1.29 is 15.0 Å². The SMILES string of the molecule is CCC=CCC(O)C=CC#CCC=CCC=CCC=CCCCCCCCCCCCCC(=O)O. The van der Waals surface area contributed by atoms with Gasteiger partial charge in [-0.25, -0.2) is 0 Å². The van der Waals surface area contributed by atoms with Crippen LogP contribution in [-0.4, -0.2) is 22.3 Å². The number of hydrogen-bond donors (Lipinski definition) is 2. The lowest BCUT2D eigenvalue weighted by Crippen LogP contribution is -1.98. The highest BCUT2D eigenvalue weighted by molar-refractivity contribution is 5.66. The molecule has 0 rings (SSSR count). The minimum atomic E-state index is -0.670. The zero-order valence-corrected chi connectivity index (χ0v) is 22.2. The number of aliphatic hydroxyl groups is 1. The van der Waals surface area contributed by atoms with Crippen LogP contribution in [0.15, 0.2) is 60.8 Å². The Bertz CT molecular complexity index is 685. The summed E-state index contributed by atoms with van der Waals surface area (Å²) in [5.74, 6) is 5.36. The van der Waals surface area contributed by atoms with Crippen molar-refractivity contribution in [3.05, 3.63) is 60.8 Å². The molecule has 0 saturated heterocycles. The van der Waals surface area contributed by atoms with Gasteiger partial charge in [-0.1, -0.05) is 119 Å². The second-order valence-electron chi connectivity index (χ2n) is 8.92. The Morgan fingerprint density at radius 1 is 0.743 bits per heavy atom. The van der Waals surface area contributed by atoms with Crippen LogP contribution in [0.4, 0.5) is 0 Å². The van der Waals surface area contributed by atoms with Gasteiger partial charge in [-0.15, -0.1) is 0 Å². The number of aliphatic hydroxyl groups excluding tert-OH is 1. The van der Waals surface area contributed by atoms with Gasteiger partial charge in [0.05, 0.1) is 6.10 Å². The second-order valence-corrected chi connectivity index (χ2v) is 8.92. The molecule has 0 saturated carbocycles. The molecule has 0 aromatic carbocycles. The highest BCUT2D eigenvalue weighted by Crippen LogP contribution is 2.12. The van der Waals surface area contributed by atoms with Crippen molar-refractivity contribution in [2.75, 3.05) is 0 Å². The minimum absolute atomic E-state index is 0.322. The highest BCUT2D eigenvalue weighted by Gasteiger charge is 1.97. The molecule has 0 bridgehead atoms. The Balaban J connectivity index is 3.46. The van der Waals surface area contributed by atoms with Gasteiger partial charge < -0.3 is 10.2 Å². The molecular formula is C32H50O3. The minimum Gasteiger partial charge on any atom is -0.481 e. The molecule has 3 heteroatoms. The summed E-state index contributed by atoms with van der Waals surface area (Å²) < 4.78 is 0. The van der Waals surface area contributed by atoms with Crippen LogP contribution in [0.3, 0.4) is 0 Å². The summed E-state index contributed by atoms with van der Waals surface area (Å²) in [6.45, 7) is 2.08. The van der Waals surface area contributed by atoms with Gasteiger partial charge in [0.1, 0.15) is 0 Å². The van der Waals surface area contributed by atoms with Crippen LogP contribution < -0.4 is 0 Å². The van der Waals surface area contributed by atoms with E-state index in [1.54, 1.807) is 12.2 Å². The van der Waals surface area contributed by atoms with E-state index in [4.69, 9.17) is 5.11 Å². The molecular weight excluding hydrogens is 432 g/mol. The normalized spacial score (nSPS) is 13.0. The predicted molar refractivity (Wildman–Crippen MR) is 151 cm³/mol. The van der Waals surface area contributed by atoms with Gasteiger partial charge in [0, 0.05) is 12.8 Å². The fourth-order valence-corrected chi connectivity index (χ4v) is 3.51. The maximum atomic E-state index is 10.4. The van der Waals surface area contributed by atoms with Crippen LogP contribution in [0, 0.1) is 11.8 Å². The Labute approximate surface area is 215 Å². The smallest absolute Gasteiger partial charge is 0.303 e. The standard InChI is InChI=1S/C32H50O3/c1-2-3-25-28-31(33)29-26-23-21-19-17-15-13-11-9-7-5-4-6-8-10-12-14-16-18-20-22-24-27-30-32(34)35/h3-5,9,11,15,17,25-26,29,31,33H,2,6-8,10,12-14,16,18-20,22,24,27-28,30H2,1H3,(H,34,35). The van der Waals surface area contributed by atoms with Crippen LogP contribution in [0.2, 0.25) is 0 Å². The first-order chi connectivity index (χ1) is 17.2. The van der Waals surface area contributed by atoms with E-state index in [1.165, 1.54) is 57.8 Å². The molecule has 0 aromatic heterocycles. The van der Waals surface area contributed by atoms with E-state index in [-0.39, 0.29) is 0 Å². The number of carbonyl (C=O) groups is 1. The van der Waals surface area contributed by atoms with Crippen LogP contribution >= 0.6 is 0 Å². The molecule has 0 aromatic rings. The van der Waals surface area contributed by atoms with Crippen LogP contribution in [-0.2, 0) is 4.79 Å². The first kappa shape index (κ1) is 32.7. The Morgan fingerprint density at radius 3 is 1.94 bits per heavy atom. The lowest BCUT2D eigenvalue weighted by Gasteiger charge is -2.01. The van der Waals surface area contributed by atoms with Crippen molar-refractivity contribution >= 4 is 5.97 Å². The third-order valence-corrected chi connectivity index (χ3v) is 5.56. The van der Waals surface area contributed by atoms with Gasteiger partial charge in [-0.05, 0) is 57.1 Å². The third kappa shape index (κ3) is 29.7. The number of aliphatic carboxylic acids is 1. The number of carboxylic acids is 1. The van der Waals surface area contributed by atoms with Crippen LogP contribution in [0.5, 0.6) is 0 Å². The van der Waals surface area contributed by atoms with E-state index in [9.17, 15) is 9.90 Å². The summed E-state index contributed by atoms with van der Waals surface area (Å²) in [5, 5.41) is 18.3. The van der Waals surface area contributed by atoms with E-state index in [0.29, 0.717) is 12.8 Å². The largest absolute Gasteiger partial charge is 0.481 e. The van der Waals surface area contributed by atoms with E-state index in [1.807, 2.05) is 6.08 Å². The molecule has 0 radical (unpaired) electrons. The molecule has 35 heavy (non-hydrogen) atoms. The van der Waals surface area contributed by atoms with E-state index >= 15 is 0 Å². The average molecular weight is 483 g/mol. The van der Waals surface area contributed by atoms with Gasteiger partial charge in [0.15, 0.2) is 0 Å². The number of unbranched alkanes of at least 4 members (excludes halogenated alkanes) is 10. The maximum Gasteiger partial charge on any atom is 0.303 e. The van der Waals surface area contributed by atoms with Crippen LogP contribution in [0.1, 0.15) is 116 Å². The van der Waals surface area contributed by atoms with Crippen molar-refractivity contribution in [1.29, 1.82) is 0 Å². The Kier molecular flexibility index (Phi) is 26.1. The zero-order chi connectivity index (χ0) is 25.7. The molecule has 0 heterocycles. The van der Waals surface area contributed by atoms with Crippen molar-refractivity contribution in [1.82, 2.24) is 0 Å². The number of hydrogen-bond acceptors (Lipinski definition) is 2. The van der Waals surface area contributed by atoms with E-state index < -0.39 is 12.1 Å². The fraction of sp³-hybridized carbons (Fsp3) is 0.594. The number of rotatable bonds is 22. The molecule has 0 fully saturated rings. The monoisotopic (exact) mass is 482 g/mol. The molecule has 0 spiro atoms. The molecule has 0 aliphatic carbocycles. The predicted octanol–water partition coefficient (Wildman–Crippen LogP) is 8.87. The van der Waals surface area contributed by atoms with E-state index in [0.717, 1.165) is 38.5 Å². The first-order valence-electron chi connectivity index (χ1n) is 13.8. The van der Waals surface area contributed by atoms with Crippen molar-refractivity contribution in [2.24, 2.45) is 0 Å². The van der Waals surface area contributed by atoms with Gasteiger partial charge in [0.25, 0.3) is 0 Å². The van der Waals surface area contributed by atoms with Gasteiger partial charge in [-0.2, -0.15) is 0 Å². The molecule has 2 N–H and O–H groups in total. The lowest BCUT2D eigenvalue weighted by atomic mass is 10.1. The molecule has 1 atom stereocenters. The zero-order valence-electron chi connectivity index (χ0n) is 22.2. The molecule has 1 unspecified atom stereocenters. The van der Waals surface area contributed by atoms with Gasteiger partial charge in [-0.3, -0.25) is 4.79 Å². The summed E-state index contributed by atoms with van der Waals surface area (Å²) in [5.41, 5.74) is 0. The van der Waals surface area contributed by atoms with Crippen LogP contribution in [0.25, 0.3) is 0 Å². The topological polar surface area (TPSA) is 57.5 Å². The lowest BCUT2D eigenvalue weighted by molar-refractivity contribution is -0.137. The molecule has 0 aliphatic heterocycles. The Morgan fingerprint density at radius 2 is 1.31 bits per heavy atom. The summed E-state index contributed by atoms with van der Waals surface area (Å²) in [6.07, 6.45) is 38.3. The van der Waals surface area contributed by atoms with Crippen molar-refractivity contribution in [2.45, 2.75) is 122 Å². The van der Waals surface area contributed by atoms with E-state index in [2.05, 4.69) is 61.3 Å².